The summed E-state index contributed by atoms with van der Waals surface area (Å²) in [6.45, 7) is 8.52. The fourth-order valence-electron chi connectivity index (χ4n) is 3.31. The van der Waals surface area contributed by atoms with E-state index in [0.717, 1.165) is 45.8 Å². The van der Waals surface area contributed by atoms with Crippen molar-refractivity contribution in [3.05, 3.63) is 41.6 Å². The first kappa shape index (κ1) is 17.5. The third kappa shape index (κ3) is 3.25. The molecule has 140 valence electrons. The van der Waals surface area contributed by atoms with Crippen LogP contribution >= 0.6 is 0 Å². The highest BCUT2D eigenvalue weighted by Gasteiger charge is 2.31. The van der Waals surface area contributed by atoms with E-state index in [0.29, 0.717) is 13.1 Å². The Labute approximate surface area is 157 Å². The number of carbonyl (C=O) groups is 1. The molecule has 4 rings (SSSR count). The van der Waals surface area contributed by atoms with Crippen molar-refractivity contribution >= 4 is 17.1 Å². The number of carbonyl (C=O) groups excluding carboxylic acids is 1. The van der Waals surface area contributed by atoms with Crippen molar-refractivity contribution in [2.75, 3.05) is 0 Å². The summed E-state index contributed by atoms with van der Waals surface area (Å²) in [6.07, 6.45) is 4.05. The molecule has 3 aromatic rings. The standard InChI is InChI=1S/C20H23N5O2/c1-5-16-23-15-11-25(19(26)27-20(2,3)4)10-14(15)17(24-16)12-6-8-21-18-13(12)7-9-22-18/h6-9H,5,10-11H2,1-4H3,(H,21,22). The van der Waals surface area contributed by atoms with Crippen LogP contribution in [0.1, 0.15) is 44.8 Å². The van der Waals surface area contributed by atoms with E-state index in [2.05, 4.69) is 15.0 Å². The molecule has 0 saturated carbocycles. The molecule has 7 heteroatoms. The second-order valence-corrected chi connectivity index (χ2v) is 7.70. The average molecular weight is 365 g/mol. The molecule has 7 nitrogen and oxygen atoms in total. The third-order valence-electron chi connectivity index (χ3n) is 4.51. The molecule has 3 aromatic heterocycles. The Morgan fingerprint density at radius 3 is 2.81 bits per heavy atom. The Morgan fingerprint density at radius 2 is 2.07 bits per heavy atom. The smallest absolute Gasteiger partial charge is 0.410 e. The lowest BCUT2D eigenvalue weighted by atomic mass is 10.0. The van der Waals surface area contributed by atoms with Gasteiger partial charge in [0.2, 0.25) is 0 Å². The number of aryl methyl sites for hydroxylation is 1. The van der Waals surface area contributed by atoms with Gasteiger partial charge in [0.25, 0.3) is 0 Å². The van der Waals surface area contributed by atoms with Crippen LogP contribution in [0.4, 0.5) is 4.79 Å². The third-order valence-corrected chi connectivity index (χ3v) is 4.51. The van der Waals surface area contributed by atoms with Crippen LogP contribution in [-0.2, 0) is 24.2 Å². The number of aromatic nitrogens is 4. The molecule has 0 aromatic carbocycles. The number of ether oxygens (including phenoxy) is 1. The molecule has 0 unspecified atom stereocenters. The second-order valence-electron chi connectivity index (χ2n) is 7.70. The molecule has 4 heterocycles. The molecular weight excluding hydrogens is 342 g/mol. The zero-order valence-electron chi connectivity index (χ0n) is 16.0. The highest BCUT2D eigenvalue weighted by Crippen LogP contribution is 2.34. The molecule has 0 radical (unpaired) electrons. The Morgan fingerprint density at radius 1 is 1.26 bits per heavy atom. The predicted octanol–water partition coefficient (Wildman–Crippen LogP) is 3.83. The molecule has 1 aliphatic heterocycles. The van der Waals surface area contributed by atoms with E-state index in [1.165, 1.54) is 0 Å². The first-order chi connectivity index (χ1) is 12.9. The van der Waals surface area contributed by atoms with Gasteiger partial charge in [-0.1, -0.05) is 6.92 Å². The van der Waals surface area contributed by atoms with E-state index in [1.54, 1.807) is 11.1 Å². The maximum Gasteiger partial charge on any atom is 0.410 e. The predicted molar refractivity (Wildman–Crippen MR) is 102 cm³/mol. The largest absolute Gasteiger partial charge is 0.444 e. The first-order valence-corrected chi connectivity index (χ1v) is 9.15. The van der Waals surface area contributed by atoms with Gasteiger partial charge in [-0.05, 0) is 32.9 Å². The SMILES string of the molecule is CCc1nc2c(c(-c3ccnc4[nH]ccc34)n1)CN(C(=O)OC(C)(C)C)C2. The van der Waals surface area contributed by atoms with E-state index in [4.69, 9.17) is 9.72 Å². The lowest BCUT2D eigenvalue weighted by Crippen LogP contribution is -2.33. The van der Waals surface area contributed by atoms with Gasteiger partial charge in [-0.2, -0.15) is 0 Å². The quantitative estimate of drug-likeness (QED) is 0.746. The van der Waals surface area contributed by atoms with E-state index in [9.17, 15) is 4.79 Å². The van der Waals surface area contributed by atoms with Crippen molar-refractivity contribution in [1.29, 1.82) is 0 Å². The van der Waals surface area contributed by atoms with Crippen molar-refractivity contribution in [2.24, 2.45) is 0 Å². The molecule has 27 heavy (non-hydrogen) atoms. The molecule has 0 atom stereocenters. The Kier molecular flexibility index (Phi) is 4.09. The summed E-state index contributed by atoms with van der Waals surface area (Å²) in [4.78, 5) is 31.2. The summed E-state index contributed by atoms with van der Waals surface area (Å²) in [5.41, 5.74) is 4.03. The number of nitrogens with zero attached hydrogens (tertiary/aromatic N) is 4. The van der Waals surface area contributed by atoms with Gasteiger partial charge in [0.15, 0.2) is 0 Å². The number of fused-ring (bicyclic) bond motifs is 2. The molecule has 0 spiro atoms. The number of nitrogens with one attached hydrogen (secondary N) is 1. The molecule has 0 bridgehead atoms. The molecule has 1 amide bonds. The van der Waals surface area contributed by atoms with Gasteiger partial charge >= 0.3 is 6.09 Å². The van der Waals surface area contributed by atoms with Gasteiger partial charge in [0.05, 0.1) is 24.5 Å². The van der Waals surface area contributed by atoms with Crippen LogP contribution in [0, 0.1) is 0 Å². The van der Waals surface area contributed by atoms with Crippen LogP contribution < -0.4 is 0 Å². The van der Waals surface area contributed by atoms with E-state index in [1.807, 2.05) is 46.0 Å². The van der Waals surface area contributed by atoms with Crippen LogP contribution in [0.25, 0.3) is 22.3 Å². The lowest BCUT2D eigenvalue weighted by Gasteiger charge is -2.24. The zero-order valence-corrected chi connectivity index (χ0v) is 16.0. The van der Waals surface area contributed by atoms with E-state index >= 15 is 0 Å². The molecular formula is C20H23N5O2. The van der Waals surface area contributed by atoms with Crippen molar-refractivity contribution in [3.63, 3.8) is 0 Å². The number of hydrogen-bond donors (Lipinski definition) is 1. The molecule has 0 fully saturated rings. The summed E-state index contributed by atoms with van der Waals surface area (Å²) in [5, 5.41) is 1.01. The minimum atomic E-state index is -0.530. The van der Waals surface area contributed by atoms with Crippen LogP contribution in [0.15, 0.2) is 24.5 Å². The summed E-state index contributed by atoms with van der Waals surface area (Å²) in [6, 6.07) is 3.97. The molecule has 0 aliphatic carbocycles. The molecule has 1 aliphatic rings. The van der Waals surface area contributed by atoms with Crippen LogP contribution in [-0.4, -0.2) is 36.5 Å². The normalized spacial score (nSPS) is 13.9. The van der Waals surface area contributed by atoms with Crippen molar-refractivity contribution in [2.45, 2.75) is 52.8 Å². The number of amides is 1. The van der Waals surface area contributed by atoms with Gasteiger partial charge in [-0.3, -0.25) is 4.90 Å². The van der Waals surface area contributed by atoms with Crippen LogP contribution in [0.3, 0.4) is 0 Å². The number of H-pyrrole nitrogens is 1. The van der Waals surface area contributed by atoms with Gasteiger partial charge in [-0.25, -0.2) is 19.7 Å². The maximum atomic E-state index is 12.5. The first-order valence-electron chi connectivity index (χ1n) is 9.15. The number of aromatic amines is 1. The number of rotatable bonds is 2. The Balaban J connectivity index is 1.77. The Bertz CT molecular complexity index is 1020. The van der Waals surface area contributed by atoms with Crippen LogP contribution in [0.2, 0.25) is 0 Å². The van der Waals surface area contributed by atoms with Gasteiger partial charge in [-0.15, -0.1) is 0 Å². The van der Waals surface area contributed by atoms with Gasteiger partial charge in [0, 0.05) is 35.3 Å². The van der Waals surface area contributed by atoms with Gasteiger partial charge in [0.1, 0.15) is 17.1 Å². The zero-order chi connectivity index (χ0) is 19.2. The average Bonchev–Trinajstić information content (AvgIpc) is 3.25. The Hall–Kier alpha value is -2.96. The number of hydrogen-bond acceptors (Lipinski definition) is 5. The fourth-order valence-corrected chi connectivity index (χ4v) is 3.31. The van der Waals surface area contributed by atoms with E-state index in [-0.39, 0.29) is 6.09 Å². The lowest BCUT2D eigenvalue weighted by molar-refractivity contribution is 0.0241. The fraction of sp³-hybridized carbons (Fsp3) is 0.400. The highest BCUT2D eigenvalue weighted by atomic mass is 16.6. The summed E-state index contributed by atoms with van der Waals surface area (Å²) in [7, 11) is 0. The summed E-state index contributed by atoms with van der Waals surface area (Å²) in [5.74, 6) is 0.773. The van der Waals surface area contributed by atoms with Crippen molar-refractivity contribution in [1.82, 2.24) is 24.8 Å². The second kappa shape index (κ2) is 6.33. The molecule has 1 N–H and O–H groups in total. The maximum absolute atomic E-state index is 12.5. The highest BCUT2D eigenvalue weighted by molar-refractivity contribution is 5.92. The molecule has 0 saturated heterocycles. The van der Waals surface area contributed by atoms with Crippen molar-refractivity contribution < 1.29 is 9.53 Å². The van der Waals surface area contributed by atoms with Gasteiger partial charge < -0.3 is 9.72 Å². The van der Waals surface area contributed by atoms with Crippen LogP contribution in [0.5, 0.6) is 0 Å². The minimum absolute atomic E-state index is 0.328. The number of pyridine rings is 1. The topological polar surface area (TPSA) is 84.0 Å². The minimum Gasteiger partial charge on any atom is -0.444 e. The summed E-state index contributed by atoms with van der Waals surface area (Å²) < 4.78 is 5.54. The monoisotopic (exact) mass is 365 g/mol. The van der Waals surface area contributed by atoms with E-state index < -0.39 is 5.60 Å². The summed E-state index contributed by atoms with van der Waals surface area (Å²) >= 11 is 0. The van der Waals surface area contributed by atoms with Crippen molar-refractivity contribution in [3.8, 4) is 11.3 Å².